The van der Waals surface area contributed by atoms with Crippen molar-refractivity contribution in [3.8, 4) is 0 Å². The first-order valence-corrected chi connectivity index (χ1v) is 10.0. The standard InChI is InChI=1S/C20H29N5OS/c1-6-13(2)24-19(26)17-9-7-16(8-10-17)11-22-20(21-5)23-12-18-25-14(3)15(4)27-18/h7-10,13H,6,11-12H2,1-5H3,(H,24,26)(H2,21,22,23). The summed E-state index contributed by atoms with van der Waals surface area (Å²) in [5.41, 5.74) is 2.84. The van der Waals surface area contributed by atoms with Gasteiger partial charge < -0.3 is 16.0 Å². The van der Waals surface area contributed by atoms with Gasteiger partial charge in [-0.2, -0.15) is 0 Å². The maximum absolute atomic E-state index is 12.1. The summed E-state index contributed by atoms with van der Waals surface area (Å²) in [6, 6.07) is 7.80. The number of rotatable bonds is 7. The van der Waals surface area contributed by atoms with Crippen molar-refractivity contribution in [1.82, 2.24) is 20.9 Å². The zero-order valence-electron chi connectivity index (χ0n) is 16.7. The van der Waals surface area contributed by atoms with Crippen molar-refractivity contribution < 1.29 is 4.79 Å². The second-order valence-electron chi connectivity index (χ2n) is 6.51. The van der Waals surface area contributed by atoms with Crippen LogP contribution in [0.2, 0.25) is 0 Å². The highest BCUT2D eigenvalue weighted by molar-refractivity contribution is 7.11. The molecule has 1 aromatic carbocycles. The Morgan fingerprint density at radius 2 is 1.85 bits per heavy atom. The molecule has 1 aromatic heterocycles. The second-order valence-corrected chi connectivity index (χ2v) is 7.80. The van der Waals surface area contributed by atoms with Gasteiger partial charge in [0.1, 0.15) is 5.01 Å². The predicted octanol–water partition coefficient (Wildman–Crippen LogP) is 3.15. The van der Waals surface area contributed by atoms with E-state index in [9.17, 15) is 4.79 Å². The molecule has 0 aliphatic heterocycles. The number of nitrogens with one attached hydrogen (secondary N) is 3. The van der Waals surface area contributed by atoms with E-state index in [1.807, 2.05) is 38.1 Å². The molecule has 1 amide bonds. The number of hydrogen-bond donors (Lipinski definition) is 3. The number of benzene rings is 1. The zero-order valence-corrected chi connectivity index (χ0v) is 17.5. The van der Waals surface area contributed by atoms with E-state index in [0.717, 1.165) is 28.6 Å². The number of nitrogens with zero attached hydrogens (tertiary/aromatic N) is 2. The van der Waals surface area contributed by atoms with Gasteiger partial charge in [0.15, 0.2) is 5.96 Å². The number of thiazole rings is 1. The Kier molecular flexibility index (Phi) is 7.79. The molecular weight excluding hydrogens is 358 g/mol. The molecule has 3 N–H and O–H groups in total. The number of hydrogen-bond acceptors (Lipinski definition) is 4. The van der Waals surface area contributed by atoms with Crippen LogP contribution in [0.3, 0.4) is 0 Å². The van der Waals surface area contributed by atoms with Crippen LogP contribution in [-0.2, 0) is 13.1 Å². The minimum atomic E-state index is -0.0321. The Morgan fingerprint density at radius 1 is 1.19 bits per heavy atom. The highest BCUT2D eigenvalue weighted by Crippen LogP contribution is 2.15. The molecule has 2 aromatic rings. The quantitative estimate of drug-likeness (QED) is 0.504. The van der Waals surface area contributed by atoms with Crippen LogP contribution in [-0.4, -0.2) is 29.9 Å². The lowest BCUT2D eigenvalue weighted by molar-refractivity contribution is 0.0939. The molecule has 0 saturated carbocycles. The zero-order chi connectivity index (χ0) is 19.8. The van der Waals surface area contributed by atoms with Gasteiger partial charge in [0, 0.05) is 30.1 Å². The largest absolute Gasteiger partial charge is 0.352 e. The lowest BCUT2D eigenvalue weighted by Gasteiger charge is -2.13. The molecule has 0 spiro atoms. The van der Waals surface area contributed by atoms with Crippen molar-refractivity contribution in [2.75, 3.05) is 7.05 Å². The number of carbonyl (C=O) groups excluding carboxylic acids is 1. The highest BCUT2D eigenvalue weighted by atomic mass is 32.1. The van der Waals surface area contributed by atoms with Gasteiger partial charge >= 0.3 is 0 Å². The molecule has 0 fully saturated rings. The normalized spacial score (nSPS) is 12.6. The smallest absolute Gasteiger partial charge is 0.251 e. The molecular formula is C20H29N5OS. The van der Waals surface area contributed by atoms with E-state index in [0.29, 0.717) is 18.7 Å². The first kappa shape index (κ1) is 20.9. The Hall–Kier alpha value is -2.41. The Morgan fingerprint density at radius 3 is 2.41 bits per heavy atom. The van der Waals surface area contributed by atoms with Gasteiger partial charge in [0.2, 0.25) is 0 Å². The third kappa shape index (κ3) is 6.36. The molecule has 1 unspecified atom stereocenters. The topological polar surface area (TPSA) is 78.4 Å². The summed E-state index contributed by atoms with van der Waals surface area (Å²) in [7, 11) is 1.75. The minimum Gasteiger partial charge on any atom is -0.352 e. The minimum absolute atomic E-state index is 0.0321. The van der Waals surface area contributed by atoms with Crippen molar-refractivity contribution in [2.45, 2.75) is 53.2 Å². The first-order valence-electron chi connectivity index (χ1n) is 9.20. The van der Waals surface area contributed by atoms with Gasteiger partial charge in [-0.15, -0.1) is 11.3 Å². The fourth-order valence-electron chi connectivity index (χ4n) is 2.36. The Labute approximate surface area is 165 Å². The monoisotopic (exact) mass is 387 g/mol. The summed E-state index contributed by atoms with van der Waals surface area (Å²) in [6.45, 7) is 9.43. The van der Waals surface area contributed by atoms with Crippen molar-refractivity contribution >= 4 is 23.2 Å². The van der Waals surface area contributed by atoms with Crippen LogP contribution in [0.5, 0.6) is 0 Å². The van der Waals surface area contributed by atoms with Crippen molar-refractivity contribution in [3.05, 3.63) is 51.0 Å². The van der Waals surface area contributed by atoms with Gasteiger partial charge in [-0.25, -0.2) is 4.98 Å². The van der Waals surface area contributed by atoms with Crippen LogP contribution in [0.25, 0.3) is 0 Å². The van der Waals surface area contributed by atoms with Crippen LogP contribution in [0.15, 0.2) is 29.3 Å². The summed E-state index contributed by atoms with van der Waals surface area (Å²) < 4.78 is 0. The molecule has 0 aliphatic carbocycles. The number of guanidine groups is 1. The maximum atomic E-state index is 12.1. The van der Waals surface area contributed by atoms with E-state index in [-0.39, 0.29) is 11.9 Å². The van der Waals surface area contributed by atoms with E-state index < -0.39 is 0 Å². The maximum Gasteiger partial charge on any atom is 0.251 e. The Balaban J connectivity index is 1.84. The molecule has 0 bridgehead atoms. The number of aryl methyl sites for hydroxylation is 2. The third-order valence-electron chi connectivity index (χ3n) is 4.37. The summed E-state index contributed by atoms with van der Waals surface area (Å²) in [5, 5.41) is 10.6. The van der Waals surface area contributed by atoms with Crippen molar-refractivity contribution in [3.63, 3.8) is 0 Å². The van der Waals surface area contributed by atoms with Gasteiger partial charge in [-0.1, -0.05) is 19.1 Å². The molecule has 1 atom stereocenters. The van der Waals surface area contributed by atoms with E-state index >= 15 is 0 Å². The fourth-order valence-corrected chi connectivity index (χ4v) is 3.24. The van der Waals surface area contributed by atoms with Crippen LogP contribution < -0.4 is 16.0 Å². The molecule has 7 heteroatoms. The highest BCUT2D eigenvalue weighted by Gasteiger charge is 2.08. The molecule has 6 nitrogen and oxygen atoms in total. The number of aliphatic imine (C=N–C) groups is 1. The van der Waals surface area contributed by atoms with E-state index in [1.54, 1.807) is 18.4 Å². The van der Waals surface area contributed by atoms with Crippen LogP contribution in [0, 0.1) is 13.8 Å². The van der Waals surface area contributed by atoms with Crippen LogP contribution >= 0.6 is 11.3 Å². The average molecular weight is 388 g/mol. The summed E-state index contributed by atoms with van der Waals surface area (Å²) in [4.78, 5) is 22.1. The van der Waals surface area contributed by atoms with E-state index in [1.165, 1.54) is 4.88 Å². The van der Waals surface area contributed by atoms with E-state index in [4.69, 9.17) is 0 Å². The third-order valence-corrected chi connectivity index (χ3v) is 5.44. The van der Waals surface area contributed by atoms with Crippen molar-refractivity contribution in [1.29, 1.82) is 0 Å². The molecule has 27 heavy (non-hydrogen) atoms. The van der Waals surface area contributed by atoms with Crippen LogP contribution in [0.4, 0.5) is 0 Å². The molecule has 2 rings (SSSR count). The molecule has 0 radical (unpaired) electrons. The molecule has 0 saturated heterocycles. The fraction of sp³-hybridized carbons (Fsp3) is 0.450. The SMILES string of the molecule is CCC(C)NC(=O)c1ccc(CNC(=NC)NCc2nc(C)c(C)s2)cc1. The molecule has 146 valence electrons. The average Bonchev–Trinajstić information content (AvgIpc) is 2.99. The van der Waals surface area contributed by atoms with Crippen molar-refractivity contribution in [2.24, 2.45) is 4.99 Å². The first-order chi connectivity index (χ1) is 12.9. The number of carbonyl (C=O) groups is 1. The predicted molar refractivity (Wildman–Crippen MR) is 112 cm³/mol. The van der Waals surface area contributed by atoms with Gasteiger partial charge in [-0.05, 0) is 44.9 Å². The van der Waals surface area contributed by atoms with Gasteiger partial charge in [-0.3, -0.25) is 9.79 Å². The number of amides is 1. The lowest BCUT2D eigenvalue weighted by atomic mass is 10.1. The summed E-state index contributed by atoms with van der Waals surface area (Å²) in [6.07, 6.45) is 0.917. The molecule has 1 heterocycles. The second kappa shape index (κ2) is 10.1. The summed E-state index contributed by atoms with van der Waals surface area (Å²) >= 11 is 1.70. The molecule has 0 aliphatic rings. The lowest BCUT2D eigenvalue weighted by Crippen LogP contribution is -2.36. The van der Waals surface area contributed by atoms with E-state index in [2.05, 4.69) is 39.8 Å². The van der Waals surface area contributed by atoms with Gasteiger partial charge in [0.05, 0.1) is 12.2 Å². The van der Waals surface area contributed by atoms with Gasteiger partial charge in [0.25, 0.3) is 5.91 Å². The number of aromatic nitrogens is 1. The Bertz CT molecular complexity index is 763. The van der Waals surface area contributed by atoms with Crippen LogP contribution in [0.1, 0.15) is 51.8 Å². The summed E-state index contributed by atoms with van der Waals surface area (Å²) in [5.74, 6) is 0.689.